The molecule has 7 nitrogen and oxygen atoms in total. The second-order valence-electron chi connectivity index (χ2n) is 6.16. The molecule has 0 aliphatic carbocycles. The Balaban J connectivity index is 1.67. The minimum absolute atomic E-state index is 0.124. The summed E-state index contributed by atoms with van der Waals surface area (Å²) in [5.74, 6) is 0.408. The number of carbonyl (C=O) groups excluding carboxylic acids is 1. The van der Waals surface area contributed by atoms with Gasteiger partial charge in [0.2, 0.25) is 5.88 Å². The van der Waals surface area contributed by atoms with Crippen LogP contribution in [0.4, 0.5) is 0 Å². The van der Waals surface area contributed by atoms with Crippen LogP contribution in [0.15, 0.2) is 30.6 Å². The zero-order chi connectivity index (χ0) is 17.6. The third-order valence-corrected chi connectivity index (χ3v) is 4.17. The summed E-state index contributed by atoms with van der Waals surface area (Å²) >= 11 is 0. The number of aryl methyl sites for hydroxylation is 2. The molecule has 0 radical (unpaired) electrons. The first-order valence-corrected chi connectivity index (χ1v) is 8.67. The van der Waals surface area contributed by atoms with Crippen LogP contribution in [-0.2, 0) is 11.3 Å². The molecule has 1 aliphatic rings. The molecule has 1 saturated heterocycles. The molecule has 25 heavy (non-hydrogen) atoms. The zero-order valence-corrected chi connectivity index (χ0v) is 14.6. The first-order chi connectivity index (χ1) is 12.2. The molecule has 2 aromatic rings. The molecule has 1 N–H and O–H groups in total. The van der Waals surface area contributed by atoms with Gasteiger partial charge in [-0.15, -0.1) is 0 Å². The van der Waals surface area contributed by atoms with Crippen molar-refractivity contribution in [2.75, 3.05) is 13.2 Å². The maximum absolute atomic E-state index is 12.7. The first kappa shape index (κ1) is 17.4. The topological polar surface area (TPSA) is 78.3 Å². The van der Waals surface area contributed by atoms with Crippen molar-refractivity contribution in [1.82, 2.24) is 20.1 Å². The van der Waals surface area contributed by atoms with E-state index in [-0.39, 0.29) is 18.1 Å². The lowest BCUT2D eigenvalue weighted by molar-refractivity contribution is -0.0153. The van der Waals surface area contributed by atoms with E-state index in [2.05, 4.69) is 22.3 Å². The molecule has 134 valence electrons. The molecule has 0 bridgehead atoms. The van der Waals surface area contributed by atoms with Gasteiger partial charge in [-0.2, -0.15) is 5.10 Å². The minimum atomic E-state index is -0.265. The van der Waals surface area contributed by atoms with Gasteiger partial charge in [-0.25, -0.2) is 4.98 Å². The van der Waals surface area contributed by atoms with Crippen molar-refractivity contribution in [3.05, 3.63) is 41.9 Å². The van der Waals surface area contributed by atoms with Crippen molar-refractivity contribution in [2.24, 2.45) is 0 Å². The molecule has 2 atom stereocenters. The second kappa shape index (κ2) is 8.11. The fourth-order valence-corrected chi connectivity index (χ4v) is 2.90. The number of hydrogen-bond acceptors (Lipinski definition) is 5. The van der Waals surface area contributed by atoms with Gasteiger partial charge in [0.05, 0.1) is 23.9 Å². The molecule has 2 aromatic heterocycles. The first-order valence-electron chi connectivity index (χ1n) is 8.67. The van der Waals surface area contributed by atoms with E-state index >= 15 is 0 Å². The average Bonchev–Trinajstić information content (AvgIpc) is 2.98. The van der Waals surface area contributed by atoms with Crippen molar-refractivity contribution < 1.29 is 14.3 Å². The van der Waals surface area contributed by atoms with Gasteiger partial charge >= 0.3 is 0 Å². The Kier molecular flexibility index (Phi) is 5.65. The molecule has 7 heteroatoms. The van der Waals surface area contributed by atoms with Crippen molar-refractivity contribution in [2.45, 2.75) is 45.4 Å². The van der Waals surface area contributed by atoms with Gasteiger partial charge in [-0.1, -0.05) is 13.0 Å². The highest BCUT2D eigenvalue weighted by molar-refractivity contribution is 5.95. The maximum Gasteiger partial charge on any atom is 0.255 e. The summed E-state index contributed by atoms with van der Waals surface area (Å²) in [5.41, 5.74) is 1.34. The van der Waals surface area contributed by atoms with Gasteiger partial charge in [0.1, 0.15) is 6.10 Å². The van der Waals surface area contributed by atoms with E-state index in [1.54, 1.807) is 12.3 Å². The lowest BCUT2D eigenvalue weighted by atomic mass is 10.1. The molecule has 0 spiro atoms. The van der Waals surface area contributed by atoms with E-state index in [0.29, 0.717) is 31.1 Å². The van der Waals surface area contributed by atoms with E-state index in [1.807, 2.05) is 29.9 Å². The highest BCUT2D eigenvalue weighted by atomic mass is 16.5. The minimum Gasteiger partial charge on any atom is -0.470 e. The summed E-state index contributed by atoms with van der Waals surface area (Å²) in [6.07, 6.45) is 4.90. The Morgan fingerprint density at radius 3 is 3.12 bits per heavy atom. The quantitative estimate of drug-likeness (QED) is 0.867. The SMILES string of the molecule is CCCn1cc(C(=O)N[C@@H]2CCOC[C@H]2Oc2ccccn2)c(C)n1. The van der Waals surface area contributed by atoms with Crippen LogP contribution in [0, 0.1) is 6.92 Å². The summed E-state index contributed by atoms with van der Waals surface area (Å²) in [7, 11) is 0. The van der Waals surface area contributed by atoms with Crippen molar-refractivity contribution in [3.63, 3.8) is 0 Å². The van der Waals surface area contributed by atoms with Crippen molar-refractivity contribution in [3.8, 4) is 5.88 Å². The van der Waals surface area contributed by atoms with Crippen LogP contribution in [0.25, 0.3) is 0 Å². The van der Waals surface area contributed by atoms with E-state index in [9.17, 15) is 4.79 Å². The fraction of sp³-hybridized carbons (Fsp3) is 0.500. The Bertz CT molecular complexity index is 702. The summed E-state index contributed by atoms with van der Waals surface area (Å²) in [6.45, 7) is 5.76. The number of rotatable bonds is 6. The monoisotopic (exact) mass is 344 g/mol. The van der Waals surface area contributed by atoms with E-state index in [4.69, 9.17) is 9.47 Å². The summed E-state index contributed by atoms with van der Waals surface area (Å²) < 4.78 is 13.2. The molecule has 1 fully saturated rings. The van der Waals surface area contributed by atoms with Crippen LogP contribution in [0.5, 0.6) is 5.88 Å². The molecular formula is C18H24N4O3. The maximum atomic E-state index is 12.7. The number of nitrogens with zero attached hydrogens (tertiary/aromatic N) is 3. The number of aromatic nitrogens is 3. The molecular weight excluding hydrogens is 320 g/mol. The summed E-state index contributed by atoms with van der Waals surface area (Å²) in [5, 5.41) is 7.47. The largest absolute Gasteiger partial charge is 0.470 e. The Labute approximate surface area is 147 Å². The van der Waals surface area contributed by atoms with E-state index in [1.165, 1.54) is 0 Å². The zero-order valence-electron chi connectivity index (χ0n) is 14.6. The van der Waals surface area contributed by atoms with Crippen molar-refractivity contribution >= 4 is 5.91 Å². The molecule has 3 rings (SSSR count). The Morgan fingerprint density at radius 1 is 1.48 bits per heavy atom. The summed E-state index contributed by atoms with van der Waals surface area (Å²) in [4.78, 5) is 16.9. The second-order valence-corrected chi connectivity index (χ2v) is 6.16. The number of ether oxygens (including phenoxy) is 2. The molecule has 0 aromatic carbocycles. The number of carbonyl (C=O) groups is 1. The predicted molar refractivity (Wildman–Crippen MR) is 92.6 cm³/mol. The highest BCUT2D eigenvalue weighted by Crippen LogP contribution is 2.16. The van der Waals surface area contributed by atoms with Gasteiger partial charge in [0, 0.05) is 31.6 Å². The normalized spacial score (nSPS) is 20.2. The van der Waals surface area contributed by atoms with Crippen molar-refractivity contribution in [1.29, 1.82) is 0 Å². The molecule has 1 aliphatic heterocycles. The average molecular weight is 344 g/mol. The van der Waals surface area contributed by atoms with Crippen LogP contribution in [0.3, 0.4) is 0 Å². The highest BCUT2D eigenvalue weighted by Gasteiger charge is 2.30. The van der Waals surface area contributed by atoms with Crippen LogP contribution in [-0.4, -0.2) is 46.0 Å². The predicted octanol–water partition coefficient (Wildman–Crippen LogP) is 1.96. The smallest absolute Gasteiger partial charge is 0.255 e. The molecule has 0 unspecified atom stereocenters. The standard InChI is InChI=1S/C18H24N4O3/c1-3-9-22-11-14(13(2)21-22)18(23)20-15-7-10-24-12-16(15)25-17-6-4-5-8-19-17/h4-6,8,11,15-16H,3,7,9-10,12H2,1-2H3,(H,20,23)/t15-,16-/m1/s1. The van der Waals surface area contributed by atoms with Gasteiger partial charge < -0.3 is 14.8 Å². The lowest BCUT2D eigenvalue weighted by Crippen LogP contribution is -2.51. The Morgan fingerprint density at radius 2 is 2.36 bits per heavy atom. The number of hydrogen-bond donors (Lipinski definition) is 1. The fourth-order valence-electron chi connectivity index (χ4n) is 2.90. The third kappa shape index (κ3) is 4.36. The van der Waals surface area contributed by atoms with E-state index in [0.717, 1.165) is 18.7 Å². The van der Waals surface area contributed by atoms with Gasteiger partial charge in [0.15, 0.2) is 0 Å². The summed E-state index contributed by atoms with van der Waals surface area (Å²) in [6, 6.07) is 5.37. The van der Waals surface area contributed by atoms with Crippen LogP contribution < -0.4 is 10.1 Å². The van der Waals surface area contributed by atoms with Gasteiger partial charge in [0.25, 0.3) is 5.91 Å². The van der Waals surface area contributed by atoms with E-state index < -0.39 is 0 Å². The molecule has 1 amide bonds. The van der Waals surface area contributed by atoms with Gasteiger partial charge in [-0.05, 0) is 25.8 Å². The van der Waals surface area contributed by atoms with Crippen LogP contribution >= 0.6 is 0 Å². The third-order valence-electron chi connectivity index (χ3n) is 4.17. The Hall–Kier alpha value is -2.41. The van der Waals surface area contributed by atoms with Gasteiger partial charge in [-0.3, -0.25) is 9.48 Å². The molecule has 3 heterocycles. The molecule has 0 saturated carbocycles. The van der Waals surface area contributed by atoms with Crippen LogP contribution in [0.2, 0.25) is 0 Å². The number of nitrogens with one attached hydrogen (secondary N) is 1. The number of pyridine rings is 1. The number of amides is 1. The van der Waals surface area contributed by atoms with Crippen LogP contribution in [0.1, 0.15) is 35.8 Å². The lowest BCUT2D eigenvalue weighted by Gasteiger charge is -2.31.